The van der Waals surface area contributed by atoms with Crippen molar-refractivity contribution in [3.8, 4) is 11.5 Å². The molecule has 0 aliphatic heterocycles. The Morgan fingerprint density at radius 2 is 1.70 bits per heavy atom. The van der Waals surface area contributed by atoms with E-state index in [2.05, 4.69) is 23.7 Å². The molecule has 0 atom stereocenters. The van der Waals surface area contributed by atoms with E-state index >= 15 is 0 Å². The summed E-state index contributed by atoms with van der Waals surface area (Å²) in [4.78, 5) is 1.25. The second-order valence-corrected chi connectivity index (χ2v) is 5.00. The maximum atomic E-state index is 5.68. The van der Waals surface area contributed by atoms with E-state index < -0.39 is 0 Å². The number of methoxy groups -OCH3 is 1. The van der Waals surface area contributed by atoms with Crippen molar-refractivity contribution in [1.29, 1.82) is 0 Å². The number of rotatable bonds is 7. The first-order chi connectivity index (χ1) is 9.83. The summed E-state index contributed by atoms with van der Waals surface area (Å²) in [5.74, 6) is 1.69. The van der Waals surface area contributed by atoms with Gasteiger partial charge in [0.15, 0.2) is 0 Å². The van der Waals surface area contributed by atoms with E-state index in [9.17, 15) is 0 Å². The van der Waals surface area contributed by atoms with Gasteiger partial charge < -0.3 is 14.8 Å². The molecule has 0 heterocycles. The number of hydrogen-bond acceptors (Lipinski definition) is 4. The zero-order valence-electron chi connectivity index (χ0n) is 11.8. The first-order valence-corrected chi connectivity index (χ1v) is 7.69. The Morgan fingerprint density at radius 1 is 1.00 bits per heavy atom. The molecule has 4 heteroatoms. The van der Waals surface area contributed by atoms with Crippen LogP contribution in [-0.2, 0) is 0 Å². The lowest BCUT2D eigenvalue weighted by molar-refractivity contribution is 0.331. The lowest BCUT2D eigenvalue weighted by Crippen LogP contribution is -2.11. The van der Waals surface area contributed by atoms with Crippen molar-refractivity contribution >= 4 is 17.4 Å². The predicted molar refractivity (Wildman–Crippen MR) is 85.2 cm³/mol. The van der Waals surface area contributed by atoms with Gasteiger partial charge in [-0.1, -0.05) is 12.1 Å². The number of ether oxygens (including phenoxy) is 2. The molecule has 0 saturated heterocycles. The third kappa shape index (κ3) is 4.10. The standard InChI is InChI=1S/C16H19NO2S/c1-18-13-7-9-14(10-8-13)19-12-11-17-15-5-3-4-6-16(15)20-2/h3-10,17H,11-12H2,1-2H3. The van der Waals surface area contributed by atoms with Gasteiger partial charge in [0.05, 0.1) is 7.11 Å². The molecule has 2 rings (SSSR count). The third-order valence-electron chi connectivity index (χ3n) is 2.85. The Kier molecular flexibility index (Phi) is 5.62. The molecule has 0 amide bonds. The third-order valence-corrected chi connectivity index (χ3v) is 3.65. The van der Waals surface area contributed by atoms with Crippen LogP contribution in [0.3, 0.4) is 0 Å². The zero-order chi connectivity index (χ0) is 14.2. The Morgan fingerprint density at radius 3 is 2.40 bits per heavy atom. The van der Waals surface area contributed by atoms with Gasteiger partial charge in [0, 0.05) is 17.1 Å². The van der Waals surface area contributed by atoms with Gasteiger partial charge in [-0.05, 0) is 42.7 Å². The van der Waals surface area contributed by atoms with Gasteiger partial charge in [-0.2, -0.15) is 0 Å². The van der Waals surface area contributed by atoms with Crippen molar-refractivity contribution in [2.24, 2.45) is 0 Å². The maximum absolute atomic E-state index is 5.68. The smallest absolute Gasteiger partial charge is 0.119 e. The minimum Gasteiger partial charge on any atom is -0.497 e. The van der Waals surface area contributed by atoms with Gasteiger partial charge in [0.1, 0.15) is 18.1 Å². The normalized spacial score (nSPS) is 10.1. The van der Waals surface area contributed by atoms with Crippen LogP contribution < -0.4 is 14.8 Å². The van der Waals surface area contributed by atoms with Crippen molar-refractivity contribution in [3.05, 3.63) is 48.5 Å². The van der Waals surface area contributed by atoms with Gasteiger partial charge in [0.25, 0.3) is 0 Å². The molecule has 0 fully saturated rings. The van der Waals surface area contributed by atoms with Crippen LogP contribution in [0.1, 0.15) is 0 Å². The van der Waals surface area contributed by atoms with Crippen molar-refractivity contribution in [3.63, 3.8) is 0 Å². The molecule has 2 aromatic carbocycles. The summed E-state index contributed by atoms with van der Waals surface area (Å²) < 4.78 is 10.8. The number of nitrogens with one attached hydrogen (secondary N) is 1. The molecule has 3 nitrogen and oxygen atoms in total. The number of benzene rings is 2. The van der Waals surface area contributed by atoms with E-state index in [-0.39, 0.29) is 0 Å². The highest BCUT2D eigenvalue weighted by molar-refractivity contribution is 7.98. The molecule has 0 aliphatic carbocycles. The van der Waals surface area contributed by atoms with Crippen molar-refractivity contribution in [2.75, 3.05) is 31.8 Å². The van der Waals surface area contributed by atoms with Crippen LogP contribution in [0, 0.1) is 0 Å². The fraction of sp³-hybridized carbons (Fsp3) is 0.250. The highest BCUT2D eigenvalue weighted by Crippen LogP contribution is 2.24. The van der Waals surface area contributed by atoms with E-state index in [4.69, 9.17) is 9.47 Å². The molecule has 106 valence electrons. The molecular weight excluding hydrogens is 270 g/mol. The second-order valence-electron chi connectivity index (χ2n) is 4.15. The lowest BCUT2D eigenvalue weighted by Gasteiger charge is -2.11. The lowest BCUT2D eigenvalue weighted by atomic mass is 10.3. The Hall–Kier alpha value is -1.81. The Labute approximate surface area is 124 Å². The maximum Gasteiger partial charge on any atom is 0.119 e. The summed E-state index contributed by atoms with van der Waals surface area (Å²) in [5, 5.41) is 3.39. The van der Waals surface area contributed by atoms with Gasteiger partial charge in [-0.15, -0.1) is 11.8 Å². The van der Waals surface area contributed by atoms with E-state index in [0.717, 1.165) is 23.7 Å². The second kappa shape index (κ2) is 7.70. The largest absolute Gasteiger partial charge is 0.497 e. The van der Waals surface area contributed by atoms with Crippen LogP contribution in [0.4, 0.5) is 5.69 Å². The molecule has 20 heavy (non-hydrogen) atoms. The van der Waals surface area contributed by atoms with Crippen LogP contribution in [-0.4, -0.2) is 26.5 Å². The topological polar surface area (TPSA) is 30.5 Å². The average Bonchev–Trinajstić information content (AvgIpc) is 2.52. The fourth-order valence-electron chi connectivity index (χ4n) is 1.82. The van der Waals surface area contributed by atoms with Crippen molar-refractivity contribution in [1.82, 2.24) is 0 Å². The number of hydrogen-bond donors (Lipinski definition) is 1. The van der Waals surface area contributed by atoms with Crippen LogP contribution in [0.15, 0.2) is 53.4 Å². The summed E-state index contributed by atoms with van der Waals surface area (Å²) in [6.07, 6.45) is 2.08. The van der Waals surface area contributed by atoms with Crippen molar-refractivity contribution < 1.29 is 9.47 Å². The molecule has 0 aliphatic rings. The minimum atomic E-state index is 0.620. The molecule has 1 N–H and O–H groups in total. The fourth-order valence-corrected chi connectivity index (χ4v) is 2.39. The SMILES string of the molecule is COc1ccc(OCCNc2ccccc2SC)cc1. The predicted octanol–water partition coefficient (Wildman–Crippen LogP) is 3.91. The van der Waals surface area contributed by atoms with E-state index in [0.29, 0.717) is 6.61 Å². The van der Waals surface area contributed by atoms with Gasteiger partial charge in [-0.3, -0.25) is 0 Å². The molecule has 0 bridgehead atoms. The highest BCUT2D eigenvalue weighted by atomic mass is 32.2. The molecule has 0 radical (unpaired) electrons. The Balaban J connectivity index is 1.78. The Bertz CT molecular complexity index is 528. The minimum absolute atomic E-state index is 0.620. The molecule has 0 unspecified atom stereocenters. The van der Waals surface area contributed by atoms with Gasteiger partial charge in [0.2, 0.25) is 0 Å². The monoisotopic (exact) mass is 289 g/mol. The average molecular weight is 289 g/mol. The van der Waals surface area contributed by atoms with Crippen LogP contribution in [0.5, 0.6) is 11.5 Å². The summed E-state index contributed by atoms with van der Waals surface area (Å²) in [6, 6.07) is 15.9. The number of thioether (sulfide) groups is 1. The van der Waals surface area contributed by atoms with E-state index in [1.165, 1.54) is 4.90 Å². The zero-order valence-corrected chi connectivity index (χ0v) is 12.6. The molecule has 0 aromatic heterocycles. The van der Waals surface area contributed by atoms with E-state index in [1.54, 1.807) is 18.9 Å². The highest BCUT2D eigenvalue weighted by Gasteiger charge is 1.99. The van der Waals surface area contributed by atoms with Gasteiger partial charge >= 0.3 is 0 Å². The van der Waals surface area contributed by atoms with Crippen LogP contribution >= 0.6 is 11.8 Å². The first kappa shape index (κ1) is 14.6. The van der Waals surface area contributed by atoms with Crippen LogP contribution in [0.2, 0.25) is 0 Å². The molecule has 0 saturated carbocycles. The van der Waals surface area contributed by atoms with Crippen molar-refractivity contribution in [2.45, 2.75) is 4.90 Å². The molecule has 0 spiro atoms. The van der Waals surface area contributed by atoms with Crippen LogP contribution in [0.25, 0.3) is 0 Å². The molecule has 2 aromatic rings. The summed E-state index contributed by atoms with van der Waals surface area (Å²) in [6.45, 7) is 1.39. The quantitative estimate of drug-likeness (QED) is 0.618. The summed E-state index contributed by atoms with van der Waals surface area (Å²) in [5.41, 5.74) is 1.15. The summed E-state index contributed by atoms with van der Waals surface area (Å²) >= 11 is 1.74. The summed E-state index contributed by atoms with van der Waals surface area (Å²) in [7, 11) is 1.66. The number of anilines is 1. The van der Waals surface area contributed by atoms with E-state index in [1.807, 2.05) is 36.4 Å². The molecular formula is C16H19NO2S. The van der Waals surface area contributed by atoms with Gasteiger partial charge in [-0.25, -0.2) is 0 Å². The number of para-hydroxylation sites is 1. The first-order valence-electron chi connectivity index (χ1n) is 6.47.